The van der Waals surface area contributed by atoms with E-state index in [1.807, 2.05) is 16.4 Å². The molecule has 2 aliphatic heterocycles. The third kappa shape index (κ3) is 1.72. The molecule has 0 bridgehead atoms. The van der Waals surface area contributed by atoms with Crippen molar-refractivity contribution >= 4 is 11.3 Å². The van der Waals surface area contributed by atoms with Crippen molar-refractivity contribution in [3.05, 3.63) is 23.3 Å². The van der Waals surface area contributed by atoms with E-state index in [2.05, 4.69) is 0 Å². The number of rotatable bonds is 2. The maximum absolute atomic E-state index is 11.7. The van der Waals surface area contributed by atoms with Crippen LogP contribution in [0.25, 0.3) is 0 Å². The summed E-state index contributed by atoms with van der Waals surface area (Å²) in [7, 11) is 3.25. The first-order valence-corrected chi connectivity index (χ1v) is 6.84. The molecule has 0 radical (unpaired) electrons. The highest BCUT2D eigenvalue weighted by molar-refractivity contribution is 7.77. The van der Waals surface area contributed by atoms with Gasteiger partial charge in [0.15, 0.2) is 11.5 Å². The van der Waals surface area contributed by atoms with Crippen LogP contribution >= 0.6 is 0 Å². The highest BCUT2D eigenvalue weighted by atomic mass is 32.2. The molecule has 3 rings (SSSR count). The normalized spacial score (nSPS) is 26.6. The van der Waals surface area contributed by atoms with E-state index in [1.54, 1.807) is 14.2 Å². The maximum atomic E-state index is 11.7. The Kier molecular flexibility index (Phi) is 3.01. The fourth-order valence-electron chi connectivity index (χ4n) is 2.55. The van der Waals surface area contributed by atoms with E-state index in [1.165, 1.54) is 5.56 Å². The molecular formula is C12H15NO4S. The van der Waals surface area contributed by atoms with Crippen LogP contribution in [0.15, 0.2) is 12.1 Å². The smallest absolute Gasteiger partial charge is 0.237 e. The highest BCUT2D eigenvalue weighted by Crippen LogP contribution is 2.40. The molecule has 1 fully saturated rings. The zero-order valence-corrected chi connectivity index (χ0v) is 11.2. The first-order valence-electron chi connectivity index (χ1n) is 5.81. The minimum absolute atomic E-state index is 0.0642. The second-order valence-corrected chi connectivity index (χ2v) is 5.45. The van der Waals surface area contributed by atoms with Crippen LogP contribution < -0.4 is 9.47 Å². The molecular weight excluding hydrogens is 254 g/mol. The molecule has 2 heterocycles. The van der Waals surface area contributed by atoms with Crippen LogP contribution in [0.1, 0.15) is 17.2 Å². The average molecular weight is 269 g/mol. The van der Waals surface area contributed by atoms with Gasteiger partial charge >= 0.3 is 0 Å². The van der Waals surface area contributed by atoms with Gasteiger partial charge in [-0.1, -0.05) is 0 Å². The molecule has 18 heavy (non-hydrogen) atoms. The van der Waals surface area contributed by atoms with Crippen molar-refractivity contribution in [1.29, 1.82) is 0 Å². The first kappa shape index (κ1) is 12.0. The van der Waals surface area contributed by atoms with Crippen molar-refractivity contribution in [2.24, 2.45) is 0 Å². The van der Waals surface area contributed by atoms with E-state index in [0.29, 0.717) is 12.4 Å². The highest BCUT2D eigenvalue weighted by Gasteiger charge is 2.38. The third-order valence-electron chi connectivity index (χ3n) is 3.47. The minimum Gasteiger partial charge on any atom is -0.493 e. The second kappa shape index (κ2) is 4.53. The number of fused-ring (bicyclic) bond motifs is 3. The van der Waals surface area contributed by atoms with Crippen LogP contribution in [0.5, 0.6) is 11.5 Å². The number of benzene rings is 1. The van der Waals surface area contributed by atoms with Gasteiger partial charge in [0.1, 0.15) is 0 Å². The van der Waals surface area contributed by atoms with Gasteiger partial charge in [0.05, 0.1) is 26.9 Å². The van der Waals surface area contributed by atoms with Crippen molar-refractivity contribution in [3.8, 4) is 11.5 Å². The molecule has 0 aliphatic carbocycles. The Labute approximate surface area is 108 Å². The van der Waals surface area contributed by atoms with Gasteiger partial charge in [0, 0.05) is 6.54 Å². The summed E-state index contributed by atoms with van der Waals surface area (Å²) in [5.41, 5.74) is 2.35. The van der Waals surface area contributed by atoms with Crippen molar-refractivity contribution in [3.63, 3.8) is 0 Å². The minimum atomic E-state index is -1.30. The fourth-order valence-corrected chi connectivity index (χ4v) is 3.55. The van der Waals surface area contributed by atoms with Crippen molar-refractivity contribution in [2.45, 2.75) is 12.5 Å². The molecule has 2 atom stereocenters. The molecule has 0 aromatic heterocycles. The molecule has 1 saturated heterocycles. The second-order valence-electron chi connectivity index (χ2n) is 4.31. The summed E-state index contributed by atoms with van der Waals surface area (Å²) in [6, 6.07) is 4.04. The number of nitrogens with zero attached hydrogens (tertiary/aromatic N) is 1. The molecule has 1 aromatic carbocycles. The fraction of sp³-hybridized carbons (Fsp3) is 0.500. The van der Waals surface area contributed by atoms with E-state index in [-0.39, 0.29) is 6.04 Å². The maximum Gasteiger partial charge on any atom is 0.237 e. The Morgan fingerprint density at radius 2 is 2.06 bits per heavy atom. The van der Waals surface area contributed by atoms with E-state index in [9.17, 15) is 4.21 Å². The number of hydrogen-bond acceptors (Lipinski definition) is 4. The monoisotopic (exact) mass is 269 g/mol. The molecule has 1 unspecified atom stereocenters. The van der Waals surface area contributed by atoms with Crippen molar-refractivity contribution in [2.75, 3.05) is 27.4 Å². The third-order valence-corrected chi connectivity index (χ3v) is 4.63. The van der Waals surface area contributed by atoms with E-state index < -0.39 is 11.3 Å². The number of ether oxygens (including phenoxy) is 2. The molecule has 6 heteroatoms. The van der Waals surface area contributed by atoms with Gasteiger partial charge in [-0.25, -0.2) is 4.21 Å². The van der Waals surface area contributed by atoms with E-state index in [0.717, 1.165) is 24.3 Å². The van der Waals surface area contributed by atoms with Gasteiger partial charge in [-0.05, 0) is 29.7 Å². The topological polar surface area (TPSA) is 48.0 Å². The first-order chi connectivity index (χ1) is 8.74. The van der Waals surface area contributed by atoms with Crippen molar-refractivity contribution < 1.29 is 17.9 Å². The van der Waals surface area contributed by atoms with Crippen LogP contribution in [0, 0.1) is 0 Å². The average Bonchev–Trinajstić information content (AvgIpc) is 2.79. The predicted octanol–water partition coefficient (Wildman–Crippen LogP) is 1.21. The Bertz CT molecular complexity index is 505. The van der Waals surface area contributed by atoms with Crippen LogP contribution in [0.2, 0.25) is 0 Å². The molecule has 0 amide bonds. The number of hydrogen-bond donors (Lipinski definition) is 0. The largest absolute Gasteiger partial charge is 0.493 e. The van der Waals surface area contributed by atoms with Gasteiger partial charge in [0.25, 0.3) is 0 Å². The van der Waals surface area contributed by atoms with Gasteiger partial charge in [-0.15, -0.1) is 0 Å². The Hall–Kier alpha value is -1.11. The lowest BCUT2D eigenvalue weighted by molar-refractivity contribution is 0.300. The summed E-state index contributed by atoms with van der Waals surface area (Å²) in [5, 5.41) is 0. The summed E-state index contributed by atoms with van der Waals surface area (Å²) in [4.78, 5) is 0. The lowest BCUT2D eigenvalue weighted by atomic mass is 9.94. The molecule has 0 spiro atoms. The Balaban J connectivity index is 2.06. The molecule has 0 saturated carbocycles. The molecule has 0 N–H and O–H groups in total. The Morgan fingerprint density at radius 3 is 2.78 bits per heavy atom. The summed E-state index contributed by atoms with van der Waals surface area (Å²) in [6.45, 7) is 1.22. The SMILES string of the molecule is COc1cc2c(cc1OC)[C@@H]1COS(=O)N1CC2. The molecule has 1 aromatic rings. The van der Waals surface area contributed by atoms with Gasteiger partial charge in [-0.2, -0.15) is 4.31 Å². The van der Waals surface area contributed by atoms with Gasteiger partial charge in [0.2, 0.25) is 11.3 Å². The summed E-state index contributed by atoms with van der Waals surface area (Å²) in [6.07, 6.45) is 0.848. The summed E-state index contributed by atoms with van der Waals surface area (Å²) < 4.78 is 29.4. The number of methoxy groups -OCH3 is 2. The van der Waals surface area contributed by atoms with Crippen molar-refractivity contribution in [1.82, 2.24) is 4.31 Å². The van der Waals surface area contributed by atoms with Crippen LogP contribution in [0.4, 0.5) is 0 Å². The quantitative estimate of drug-likeness (QED) is 0.810. The summed E-state index contributed by atoms with van der Waals surface area (Å²) >= 11 is -1.30. The summed E-state index contributed by atoms with van der Waals surface area (Å²) in [5.74, 6) is 1.44. The molecule has 98 valence electrons. The zero-order chi connectivity index (χ0) is 12.7. The van der Waals surface area contributed by atoms with Crippen LogP contribution in [-0.2, 0) is 21.9 Å². The molecule has 2 aliphatic rings. The predicted molar refractivity (Wildman–Crippen MR) is 66.8 cm³/mol. The lowest BCUT2D eigenvalue weighted by Crippen LogP contribution is -2.32. The van der Waals surface area contributed by atoms with E-state index in [4.69, 9.17) is 13.7 Å². The Morgan fingerprint density at radius 1 is 1.33 bits per heavy atom. The van der Waals surface area contributed by atoms with Crippen LogP contribution in [0.3, 0.4) is 0 Å². The standard InChI is InChI=1S/C12H15NO4S/c1-15-11-5-8-3-4-13-10(7-17-18(13)14)9(8)6-12(11)16-2/h5-6,10H,3-4,7H2,1-2H3/t10-,18?/m0/s1. The van der Waals surface area contributed by atoms with Gasteiger partial charge in [-0.3, -0.25) is 4.18 Å². The zero-order valence-electron chi connectivity index (χ0n) is 10.3. The lowest BCUT2D eigenvalue weighted by Gasteiger charge is -2.29. The van der Waals surface area contributed by atoms with Crippen LogP contribution in [-0.4, -0.2) is 35.9 Å². The molecule has 5 nitrogen and oxygen atoms in total. The van der Waals surface area contributed by atoms with Gasteiger partial charge < -0.3 is 9.47 Å². The van der Waals surface area contributed by atoms with E-state index >= 15 is 0 Å².